The van der Waals surface area contributed by atoms with Gasteiger partial charge in [-0.1, -0.05) is 23.7 Å². The van der Waals surface area contributed by atoms with Crippen molar-refractivity contribution < 1.29 is 5.11 Å². The highest BCUT2D eigenvalue weighted by atomic mass is 35.5. The van der Waals surface area contributed by atoms with E-state index in [1.807, 2.05) is 18.2 Å². The average molecular weight is 308 g/mol. The van der Waals surface area contributed by atoms with E-state index in [-0.39, 0.29) is 0 Å². The molecule has 1 unspecified atom stereocenters. The van der Waals surface area contributed by atoms with Crippen molar-refractivity contribution in [2.45, 2.75) is 38.5 Å². The Morgan fingerprint density at radius 1 is 1.40 bits per heavy atom. The van der Waals surface area contributed by atoms with Crippen molar-refractivity contribution in [1.82, 2.24) is 0 Å². The fourth-order valence-corrected chi connectivity index (χ4v) is 3.38. The van der Waals surface area contributed by atoms with Gasteiger partial charge in [-0.05, 0) is 48.9 Å². The summed E-state index contributed by atoms with van der Waals surface area (Å²) >= 11 is 8.21. The van der Waals surface area contributed by atoms with Gasteiger partial charge >= 0.3 is 0 Å². The van der Waals surface area contributed by atoms with Crippen molar-refractivity contribution in [1.29, 1.82) is 0 Å². The predicted molar refractivity (Wildman–Crippen MR) is 85.6 cm³/mol. The molecule has 1 aromatic heterocycles. The molecule has 0 amide bonds. The molecule has 0 spiro atoms. The van der Waals surface area contributed by atoms with E-state index in [4.69, 9.17) is 11.6 Å². The van der Waals surface area contributed by atoms with Crippen molar-refractivity contribution in [2.24, 2.45) is 0 Å². The van der Waals surface area contributed by atoms with Crippen LogP contribution in [0.4, 0.5) is 5.69 Å². The van der Waals surface area contributed by atoms with E-state index in [0.717, 1.165) is 22.8 Å². The Labute approximate surface area is 128 Å². The minimum absolute atomic E-state index is 0.478. The van der Waals surface area contributed by atoms with Crippen LogP contribution in [-0.2, 0) is 6.54 Å². The number of aliphatic hydroxyl groups excluding tert-OH is 1. The van der Waals surface area contributed by atoms with Crippen molar-refractivity contribution in [3.8, 4) is 0 Å². The molecule has 20 heavy (non-hydrogen) atoms. The van der Waals surface area contributed by atoms with Gasteiger partial charge in [0.25, 0.3) is 0 Å². The molecule has 1 N–H and O–H groups in total. The van der Waals surface area contributed by atoms with Crippen LogP contribution in [0.1, 0.15) is 36.3 Å². The SMILES string of the molecule is CC(O)c1ccc(N(Cc2cccs2)C2CC2)c(Cl)c1. The van der Waals surface area contributed by atoms with Crippen LogP contribution in [0.15, 0.2) is 35.7 Å². The first-order chi connectivity index (χ1) is 9.65. The lowest BCUT2D eigenvalue weighted by Gasteiger charge is -2.25. The molecule has 4 heteroatoms. The molecule has 0 radical (unpaired) electrons. The number of hydrogen-bond acceptors (Lipinski definition) is 3. The standard InChI is InChI=1S/C16H18ClNOS/c1-11(19)12-4-7-16(15(17)9-12)18(13-5-6-13)10-14-3-2-8-20-14/h2-4,7-9,11,13,19H,5-6,10H2,1H3. The van der Waals surface area contributed by atoms with Gasteiger partial charge in [-0.2, -0.15) is 0 Å². The number of anilines is 1. The van der Waals surface area contributed by atoms with Crippen LogP contribution in [0.5, 0.6) is 0 Å². The number of halogens is 1. The lowest BCUT2D eigenvalue weighted by Crippen LogP contribution is -2.24. The molecule has 1 atom stereocenters. The minimum Gasteiger partial charge on any atom is -0.389 e. The maximum absolute atomic E-state index is 9.64. The number of benzene rings is 1. The fraction of sp³-hybridized carbons (Fsp3) is 0.375. The van der Waals surface area contributed by atoms with Crippen LogP contribution in [0.25, 0.3) is 0 Å². The number of thiophene rings is 1. The summed E-state index contributed by atoms with van der Waals surface area (Å²) in [5, 5.41) is 12.5. The van der Waals surface area contributed by atoms with Gasteiger partial charge in [0.05, 0.1) is 23.4 Å². The third-order valence-corrected chi connectivity index (χ3v) is 4.82. The summed E-state index contributed by atoms with van der Waals surface area (Å²) in [7, 11) is 0. The lowest BCUT2D eigenvalue weighted by atomic mass is 10.1. The maximum atomic E-state index is 9.64. The number of rotatable bonds is 5. The Kier molecular flexibility index (Phi) is 4.01. The van der Waals surface area contributed by atoms with Crippen molar-refractivity contribution in [3.63, 3.8) is 0 Å². The zero-order chi connectivity index (χ0) is 14.1. The first-order valence-corrected chi connectivity index (χ1v) is 8.17. The van der Waals surface area contributed by atoms with Crippen LogP contribution < -0.4 is 4.90 Å². The maximum Gasteiger partial charge on any atom is 0.0762 e. The van der Waals surface area contributed by atoms with Gasteiger partial charge in [0.1, 0.15) is 0 Å². The molecule has 2 nitrogen and oxygen atoms in total. The van der Waals surface area contributed by atoms with E-state index in [1.54, 1.807) is 18.3 Å². The summed E-state index contributed by atoms with van der Waals surface area (Å²) in [6, 6.07) is 10.7. The third kappa shape index (κ3) is 3.00. The molecule has 1 aromatic carbocycles. The van der Waals surface area contributed by atoms with E-state index in [9.17, 15) is 5.11 Å². The van der Waals surface area contributed by atoms with E-state index < -0.39 is 6.10 Å². The highest BCUT2D eigenvalue weighted by molar-refractivity contribution is 7.09. The Balaban J connectivity index is 1.87. The smallest absolute Gasteiger partial charge is 0.0762 e. The normalized spacial score (nSPS) is 16.1. The highest BCUT2D eigenvalue weighted by Gasteiger charge is 2.30. The predicted octanol–water partition coefficient (Wildman–Crippen LogP) is 4.62. The second kappa shape index (κ2) is 5.76. The van der Waals surface area contributed by atoms with Gasteiger partial charge in [0.2, 0.25) is 0 Å². The summed E-state index contributed by atoms with van der Waals surface area (Å²) in [5.41, 5.74) is 1.94. The van der Waals surface area contributed by atoms with Gasteiger partial charge in [-0.3, -0.25) is 0 Å². The highest BCUT2D eigenvalue weighted by Crippen LogP contribution is 2.38. The van der Waals surface area contributed by atoms with Gasteiger partial charge in [-0.25, -0.2) is 0 Å². The van der Waals surface area contributed by atoms with E-state index in [1.165, 1.54) is 17.7 Å². The average Bonchev–Trinajstić information content (AvgIpc) is 3.14. The molecule has 1 aliphatic carbocycles. The zero-order valence-corrected chi connectivity index (χ0v) is 13.0. The zero-order valence-electron chi connectivity index (χ0n) is 11.4. The summed E-state index contributed by atoms with van der Waals surface area (Å²) < 4.78 is 0. The van der Waals surface area contributed by atoms with Gasteiger partial charge < -0.3 is 10.0 Å². The Hall–Kier alpha value is -1.03. The molecule has 1 heterocycles. The van der Waals surface area contributed by atoms with Crippen molar-refractivity contribution in [2.75, 3.05) is 4.90 Å². The molecule has 1 fully saturated rings. The molecule has 0 saturated heterocycles. The van der Waals surface area contributed by atoms with Gasteiger partial charge in [0, 0.05) is 10.9 Å². The van der Waals surface area contributed by atoms with Crippen molar-refractivity contribution >= 4 is 28.6 Å². The topological polar surface area (TPSA) is 23.5 Å². The van der Waals surface area contributed by atoms with Crippen LogP contribution in [0, 0.1) is 0 Å². The largest absolute Gasteiger partial charge is 0.389 e. The second-order valence-electron chi connectivity index (χ2n) is 5.33. The minimum atomic E-state index is -0.478. The molecular weight excluding hydrogens is 290 g/mol. The Bertz CT molecular complexity index is 578. The number of hydrogen-bond donors (Lipinski definition) is 1. The first kappa shape index (κ1) is 13.9. The number of aliphatic hydroxyl groups is 1. The summed E-state index contributed by atoms with van der Waals surface area (Å²) in [4.78, 5) is 3.74. The van der Waals surface area contributed by atoms with Crippen molar-refractivity contribution in [3.05, 3.63) is 51.2 Å². The van der Waals surface area contributed by atoms with E-state index >= 15 is 0 Å². The Morgan fingerprint density at radius 2 is 2.20 bits per heavy atom. The number of nitrogens with zero attached hydrogens (tertiary/aromatic N) is 1. The molecule has 0 bridgehead atoms. The second-order valence-corrected chi connectivity index (χ2v) is 6.76. The molecule has 1 aliphatic rings. The molecule has 1 saturated carbocycles. The monoisotopic (exact) mass is 307 g/mol. The molecule has 106 valence electrons. The third-order valence-electron chi connectivity index (χ3n) is 3.66. The molecule has 0 aliphatic heterocycles. The molecular formula is C16H18ClNOS. The summed E-state index contributed by atoms with van der Waals surface area (Å²) in [6.45, 7) is 2.67. The quantitative estimate of drug-likeness (QED) is 0.871. The first-order valence-electron chi connectivity index (χ1n) is 6.91. The molecule has 3 rings (SSSR count). The molecule has 2 aromatic rings. The van der Waals surface area contributed by atoms with Gasteiger partial charge in [-0.15, -0.1) is 11.3 Å². The van der Waals surface area contributed by atoms with Crippen LogP contribution in [-0.4, -0.2) is 11.1 Å². The fourth-order valence-electron chi connectivity index (χ4n) is 2.38. The van der Waals surface area contributed by atoms with Crippen LogP contribution in [0.3, 0.4) is 0 Å². The summed E-state index contributed by atoms with van der Waals surface area (Å²) in [6.07, 6.45) is 1.99. The van der Waals surface area contributed by atoms with E-state index in [2.05, 4.69) is 22.4 Å². The van der Waals surface area contributed by atoms with E-state index in [0.29, 0.717) is 6.04 Å². The van der Waals surface area contributed by atoms with Crippen LogP contribution in [0.2, 0.25) is 5.02 Å². The van der Waals surface area contributed by atoms with Gasteiger partial charge in [0.15, 0.2) is 0 Å². The summed E-state index contributed by atoms with van der Waals surface area (Å²) in [5.74, 6) is 0. The Morgan fingerprint density at radius 3 is 2.75 bits per heavy atom. The van der Waals surface area contributed by atoms with Crippen LogP contribution >= 0.6 is 22.9 Å². The lowest BCUT2D eigenvalue weighted by molar-refractivity contribution is 0.199.